The van der Waals surface area contributed by atoms with Crippen molar-refractivity contribution in [1.29, 1.82) is 0 Å². The lowest BCUT2D eigenvalue weighted by atomic mass is 10.1. The number of nitrogens with one attached hydrogen (secondary N) is 1. The molecule has 0 aromatic heterocycles. The fraction of sp³-hybridized carbons (Fsp3) is 0.364. The van der Waals surface area contributed by atoms with E-state index in [2.05, 4.69) is 56.2 Å². The van der Waals surface area contributed by atoms with Crippen molar-refractivity contribution >= 4 is 43.5 Å². The number of halogens is 2. The molecule has 0 unspecified atom stereocenters. The van der Waals surface area contributed by atoms with Crippen molar-refractivity contribution in [2.45, 2.75) is 47.1 Å². The Balaban J connectivity index is 1.92. The lowest BCUT2D eigenvalue weighted by molar-refractivity contribution is 0.0954. The minimum atomic E-state index is -0.208. The van der Waals surface area contributed by atoms with Crippen LogP contribution in [0.3, 0.4) is 0 Å². The molecule has 0 fully saturated rings. The van der Waals surface area contributed by atoms with Gasteiger partial charge in [-0.25, -0.2) is 5.43 Å². The fourth-order valence-electron chi connectivity index (χ4n) is 2.50. The molecule has 0 aliphatic rings. The van der Waals surface area contributed by atoms with E-state index in [0.717, 1.165) is 44.4 Å². The van der Waals surface area contributed by atoms with E-state index in [9.17, 15) is 4.79 Å². The van der Waals surface area contributed by atoms with Crippen molar-refractivity contribution in [2.75, 3.05) is 0 Å². The Bertz CT molecular complexity index is 823. The Kier molecular flexibility index (Phi) is 8.70. The van der Waals surface area contributed by atoms with Gasteiger partial charge in [-0.3, -0.25) is 4.79 Å². The van der Waals surface area contributed by atoms with Gasteiger partial charge >= 0.3 is 0 Å². The minimum absolute atomic E-state index is 0.208. The van der Waals surface area contributed by atoms with E-state index < -0.39 is 0 Å². The first-order valence-corrected chi connectivity index (χ1v) is 10.9. The van der Waals surface area contributed by atoms with Gasteiger partial charge in [-0.1, -0.05) is 26.0 Å². The van der Waals surface area contributed by atoms with Crippen LogP contribution in [0.25, 0.3) is 0 Å². The molecule has 0 aliphatic carbocycles. The molecule has 28 heavy (non-hydrogen) atoms. The largest absolute Gasteiger partial charge is 0.487 e. The zero-order valence-corrected chi connectivity index (χ0v) is 19.9. The Hall–Kier alpha value is -1.66. The van der Waals surface area contributed by atoms with Gasteiger partial charge in [-0.05, 0) is 99.9 Å². The second-order valence-electron chi connectivity index (χ2n) is 7.26. The van der Waals surface area contributed by atoms with E-state index in [1.54, 1.807) is 12.1 Å². The zero-order chi connectivity index (χ0) is 20.7. The second kappa shape index (κ2) is 10.8. The maximum absolute atomic E-state index is 12.2. The maximum atomic E-state index is 12.2. The summed E-state index contributed by atoms with van der Waals surface area (Å²) in [6, 6.07) is 11.4. The van der Waals surface area contributed by atoms with Crippen LogP contribution < -0.4 is 10.2 Å². The second-order valence-corrected chi connectivity index (χ2v) is 8.97. The summed E-state index contributed by atoms with van der Waals surface area (Å²) in [4.78, 5) is 12.2. The number of hydrazone groups is 1. The SMILES string of the molecule is C/C(CCC(C)C)=N\NC(=O)c1ccc(COc2c(Br)cc(C)cc2Br)cc1. The van der Waals surface area contributed by atoms with Gasteiger partial charge in [0.05, 0.1) is 8.95 Å². The average Bonchev–Trinajstić information content (AvgIpc) is 2.64. The van der Waals surface area contributed by atoms with Gasteiger partial charge < -0.3 is 4.74 Å². The smallest absolute Gasteiger partial charge is 0.271 e. The number of carbonyl (C=O) groups is 1. The molecule has 6 heteroatoms. The molecule has 4 nitrogen and oxygen atoms in total. The number of rotatable bonds is 8. The first kappa shape index (κ1) is 22.6. The lowest BCUT2D eigenvalue weighted by Crippen LogP contribution is -2.19. The van der Waals surface area contributed by atoms with Gasteiger partial charge in [0.2, 0.25) is 0 Å². The van der Waals surface area contributed by atoms with E-state index in [1.165, 1.54) is 0 Å². The lowest BCUT2D eigenvalue weighted by Gasteiger charge is -2.11. The summed E-state index contributed by atoms with van der Waals surface area (Å²) in [6.45, 7) is 8.72. The van der Waals surface area contributed by atoms with Crippen LogP contribution in [0.4, 0.5) is 0 Å². The summed E-state index contributed by atoms with van der Waals surface area (Å²) in [7, 11) is 0. The van der Waals surface area contributed by atoms with Gasteiger partial charge in [-0.2, -0.15) is 5.10 Å². The molecule has 0 spiro atoms. The van der Waals surface area contributed by atoms with Crippen molar-refractivity contribution in [1.82, 2.24) is 5.43 Å². The van der Waals surface area contributed by atoms with Crippen LogP contribution in [0, 0.1) is 12.8 Å². The molecule has 2 aromatic carbocycles. The number of amides is 1. The van der Waals surface area contributed by atoms with Crippen LogP contribution in [0.1, 0.15) is 55.1 Å². The maximum Gasteiger partial charge on any atom is 0.271 e. The van der Waals surface area contributed by atoms with E-state index in [-0.39, 0.29) is 5.91 Å². The topological polar surface area (TPSA) is 50.7 Å². The quantitative estimate of drug-likeness (QED) is 0.320. The van der Waals surface area contributed by atoms with Crippen molar-refractivity contribution in [3.8, 4) is 5.75 Å². The fourth-order valence-corrected chi connectivity index (χ4v) is 4.14. The molecule has 0 bridgehead atoms. The van der Waals surface area contributed by atoms with Crippen molar-refractivity contribution in [2.24, 2.45) is 11.0 Å². The van der Waals surface area contributed by atoms with Crippen LogP contribution in [-0.4, -0.2) is 11.6 Å². The van der Waals surface area contributed by atoms with Crippen LogP contribution in [0.15, 0.2) is 50.4 Å². The molecule has 2 rings (SSSR count). The molecule has 1 amide bonds. The summed E-state index contributed by atoms with van der Waals surface area (Å²) in [6.07, 6.45) is 1.95. The Morgan fingerprint density at radius 3 is 2.32 bits per heavy atom. The van der Waals surface area contributed by atoms with Gasteiger partial charge in [0.1, 0.15) is 12.4 Å². The number of nitrogens with zero attached hydrogens (tertiary/aromatic N) is 1. The van der Waals surface area contributed by atoms with Crippen molar-refractivity contribution in [3.05, 3.63) is 62.0 Å². The molecule has 0 atom stereocenters. The predicted molar refractivity (Wildman–Crippen MR) is 122 cm³/mol. The zero-order valence-electron chi connectivity index (χ0n) is 16.7. The summed E-state index contributed by atoms with van der Waals surface area (Å²) in [5.74, 6) is 1.18. The molecule has 2 aromatic rings. The highest BCUT2D eigenvalue weighted by atomic mass is 79.9. The first-order valence-electron chi connectivity index (χ1n) is 9.27. The number of aryl methyl sites for hydroxylation is 1. The van der Waals surface area contributed by atoms with Gasteiger partial charge in [0, 0.05) is 11.3 Å². The summed E-state index contributed by atoms with van der Waals surface area (Å²) >= 11 is 7.06. The number of benzene rings is 2. The molecule has 0 saturated carbocycles. The molecule has 1 N–H and O–H groups in total. The van der Waals surface area contributed by atoms with E-state index in [1.807, 2.05) is 38.1 Å². The van der Waals surface area contributed by atoms with Crippen LogP contribution in [0.5, 0.6) is 5.75 Å². The van der Waals surface area contributed by atoms with Crippen LogP contribution >= 0.6 is 31.9 Å². The normalized spacial score (nSPS) is 11.6. The third-order valence-corrected chi connectivity index (χ3v) is 5.35. The van der Waals surface area contributed by atoms with Crippen LogP contribution in [0.2, 0.25) is 0 Å². The third-order valence-electron chi connectivity index (χ3n) is 4.17. The molecule has 0 radical (unpaired) electrons. The molecular formula is C22H26Br2N2O2. The van der Waals surface area contributed by atoms with Gasteiger partial charge in [0.25, 0.3) is 5.91 Å². The minimum Gasteiger partial charge on any atom is -0.487 e. The first-order chi connectivity index (χ1) is 13.3. The number of hydrogen-bond donors (Lipinski definition) is 1. The Labute approximate surface area is 184 Å². The van der Waals surface area contributed by atoms with E-state index >= 15 is 0 Å². The molecule has 0 heterocycles. The Morgan fingerprint density at radius 1 is 1.14 bits per heavy atom. The van der Waals surface area contributed by atoms with Crippen molar-refractivity contribution in [3.63, 3.8) is 0 Å². The summed E-state index contributed by atoms with van der Waals surface area (Å²) in [5, 5.41) is 4.18. The number of hydrogen-bond acceptors (Lipinski definition) is 3. The molecule has 0 aliphatic heterocycles. The Morgan fingerprint density at radius 2 is 1.75 bits per heavy atom. The summed E-state index contributed by atoms with van der Waals surface area (Å²) in [5.41, 5.74) is 6.25. The standard InChI is InChI=1S/C22H26Br2N2O2/c1-14(2)5-6-16(4)25-26-22(27)18-9-7-17(8-10-18)13-28-21-19(23)11-15(3)12-20(21)24/h7-12,14H,5-6,13H2,1-4H3,(H,26,27)/b25-16+. The third kappa shape index (κ3) is 7.06. The highest BCUT2D eigenvalue weighted by Crippen LogP contribution is 2.35. The monoisotopic (exact) mass is 508 g/mol. The van der Waals surface area contributed by atoms with Crippen LogP contribution in [-0.2, 0) is 6.61 Å². The molecule has 150 valence electrons. The highest BCUT2D eigenvalue weighted by molar-refractivity contribution is 9.11. The van der Waals surface area contributed by atoms with Crippen molar-refractivity contribution < 1.29 is 9.53 Å². The van der Waals surface area contributed by atoms with Gasteiger partial charge in [0.15, 0.2) is 0 Å². The molecular weight excluding hydrogens is 484 g/mol. The van der Waals surface area contributed by atoms with E-state index in [4.69, 9.17) is 4.74 Å². The van der Waals surface area contributed by atoms with E-state index in [0.29, 0.717) is 18.1 Å². The predicted octanol–water partition coefficient (Wildman–Crippen LogP) is 6.64. The number of carbonyl (C=O) groups excluding carboxylic acids is 1. The molecule has 0 saturated heterocycles. The van der Waals surface area contributed by atoms with Gasteiger partial charge in [-0.15, -0.1) is 0 Å². The summed E-state index contributed by atoms with van der Waals surface area (Å²) < 4.78 is 7.73. The average molecular weight is 510 g/mol. The number of ether oxygens (including phenoxy) is 1. The highest BCUT2D eigenvalue weighted by Gasteiger charge is 2.09.